The second kappa shape index (κ2) is 6.30. The second-order valence-corrected chi connectivity index (χ2v) is 4.46. The van der Waals surface area contributed by atoms with Gasteiger partial charge in [-0.3, -0.25) is 0 Å². The minimum absolute atomic E-state index is 0.716. The van der Waals surface area contributed by atoms with Gasteiger partial charge in [0.05, 0.1) is 13.2 Å². The molecule has 0 aliphatic rings. The molecule has 0 radical (unpaired) electrons. The van der Waals surface area contributed by atoms with Crippen LogP contribution in [0.15, 0.2) is 47.8 Å². The molecule has 2 aromatic rings. The molecule has 1 aromatic heterocycles. The van der Waals surface area contributed by atoms with E-state index in [0.717, 1.165) is 18.8 Å². The van der Waals surface area contributed by atoms with E-state index in [4.69, 9.17) is 4.74 Å². The molecule has 2 nitrogen and oxygen atoms in total. The van der Waals surface area contributed by atoms with Crippen molar-refractivity contribution >= 4 is 17.0 Å². The van der Waals surface area contributed by atoms with Crippen LogP contribution in [0.1, 0.15) is 4.88 Å². The molecule has 0 saturated heterocycles. The van der Waals surface area contributed by atoms with Crippen LogP contribution in [0.5, 0.6) is 0 Å². The Morgan fingerprint density at radius 1 is 1.06 bits per heavy atom. The first kappa shape index (κ1) is 11.2. The molecule has 84 valence electrons. The highest BCUT2D eigenvalue weighted by Crippen LogP contribution is 2.09. The Morgan fingerprint density at radius 3 is 2.69 bits per heavy atom. The van der Waals surface area contributed by atoms with Gasteiger partial charge >= 0.3 is 0 Å². The molecule has 0 bridgehead atoms. The molecule has 0 spiro atoms. The van der Waals surface area contributed by atoms with Gasteiger partial charge < -0.3 is 10.1 Å². The number of thiophene rings is 1. The van der Waals surface area contributed by atoms with Crippen LogP contribution in [0.25, 0.3) is 0 Å². The molecule has 0 atom stereocenters. The van der Waals surface area contributed by atoms with Crippen molar-refractivity contribution in [1.29, 1.82) is 0 Å². The summed E-state index contributed by atoms with van der Waals surface area (Å²) < 4.78 is 5.55. The summed E-state index contributed by atoms with van der Waals surface area (Å²) in [4.78, 5) is 1.28. The molecule has 3 heteroatoms. The first-order valence-corrected chi connectivity index (χ1v) is 6.22. The van der Waals surface area contributed by atoms with Gasteiger partial charge in [0.1, 0.15) is 0 Å². The normalized spacial score (nSPS) is 10.2. The summed E-state index contributed by atoms with van der Waals surface area (Å²) in [6.45, 7) is 2.29. The highest BCUT2D eigenvalue weighted by Gasteiger charge is 1.93. The SMILES string of the molecule is c1ccc(NCCOCc2cccs2)cc1. The minimum Gasteiger partial charge on any atom is -0.383 e. The molecule has 0 saturated carbocycles. The van der Waals surface area contributed by atoms with Gasteiger partial charge in [0.25, 0.3) is 0 Å². The van der Waals surface area contributed by atoms with Crippen LogP contribution in [-0.4, -0.2) is 13.2 Å². The van der Waals surface area contributed by atoms with Crippen molar-refractivity contribution in [3.63, 3.8) is 0 Å². The van der Waals surface area contributed by atoms with E-state index in [-0.39, 0.29) is 0 Å². The number of anilines is 1. The van der Waals surface area contributed by atoms with Crippen molar-refractivity contribution in [1.82, 2.24) is 0 Å². The summed E-state index contributed by atoms with van der Waals surface area (Å²) in [5, 5.41) is 5.37. The van der Waals surface area contributed by atoms with Gasteiger partial charge in [-0.15, -0.1) is 11.3 Å². The first-order chi connectivity index (χ1) is 7.95. The molecular weight excluding hydrogens is 218 g/mol. The average molecular weight is 233 g/mol. The second-order valence-electron chi connectivity index (χ2n) is 3.42. The fourth-order valence-electron chi connectivity index (χ4n) is 1.39. The Labute approximate surface area is 99.9 Å². The van der Waals surface area contributed by atoms with Crippen molar-refractivity contribution in [2.75, 3.05) is 18.5 Å². The number of rotatable bonds is 6. The maximum Gasteiger partial charge on any atom is 0.0810 e. The fraction of sp³-hybridized carbons (Fsp3) is 0.231. The van der Waals surface area contributed by atoms with Crippen molar-refractivity contribution in [3.8, 4) is 0 Å². The van der Waals surface area contributed by atoms with E-state index >= 15 is 0 Å². The third-order valence-corrected chi connectivity index (χ3v) is 3.02. The van der Waals surface area contributed by atoms with E-state index in [0.29, 0.717) is 6.61 Å². The Hall–Kier alpha value is -1.32. The lowest BCUT2D eigenvalue weighted by molar-refractivity contribution is 0.132. The van der Waals surface area contributed by atoms with Crippen molar-refractivity contribution < 1.29 is 4.74 Å². The Kier molecular flexibility index (Phi) is 4.40. The summed E-state index contributed by atoms with van der Waals surface area (Å²) in [7, 11) is 0. The van der Waals surface area contributed by atoms with Gasteiger partial charge in [0.15, 0.2) is 0 Å². The molecule has 1 aromatic carbocycles. The molecule has 0 aliphatic heterocycles. The van der Waals surface area contributed by atoms with Gasteiger partial charge in [-0.05, 0) is 23.6 Å². The zero-order valence-electron chi connectivity index (χ0n) is 9.06. The predicted molar refractivity (Wildman–Crippen MR) is 68.9 cm³/mol. The number of nitrogens with one attached hydrogen (secondary N) is 1. The van der Waals surface area contributed by atoms with Gasteiger partial charge in [0.2, 0.25) is 0 Å². The van der Waals surface area contributed by atoms with E-state index in [1.807, 2.05) is 24.3 Å². The molecule has 0 amide bonds. The molecule has 16 heavy (non-hydrogen) atoms. The van der Waals surface area contributed by atoms with E-state index in [1.165, 1.54) is 4.88 Å². The van der Waals surface area contributed by atoms with Crippen LogP contribution in [-0.2, 0) is 11.3 Å². The maximum absolute atomic E-state index is 5.55. The van der Waals surface area contributed by atoms with Crippen LogP contribution < -0.4 is 5.32 Å². The minimum atomic E-state index is 0.716. The highest BCUT2D eigenvalue weighted by molar-refractivity contribution is 7.09. The van der Waals surface area contributed by atoms with Crippen LogP contribution >= 0.6 is 11.3 Å². The smallest absolute Gasteiger partial charge is 0.0810 e. The molecule has 0 aliphatic carbocycles. The first-order valence-electron chi connectivity index (χ1n) is 5.34. The molecule has 0 fully saturated rings. The molecule has 0 unspecified atom stereocenters. The van der Waals surface area contributed by atoms with Gasteiger partial charge in [-0.1, -0.05) is 24.3 Å². The summed E-state index contributed by atoms with van der Waals surface area (Å²) in [5.41, 5.74) is 1.14. The van der Waals surface area contributed by atoms with Crippen LogP contribution in [0.4, 0.5) is 5.69 Å². The van der Waals surface area contributed by atoms with E-state index < -0.39 is 0 Å². The number of benzene rings is 1. The zero-order chi connectivity index (χ0) is 11.1. The van der Waals surface area contributed by atoms with E-state index in [9.17, 15) is 0 Å². The lowest BCUT2D eigenvalue weighted by Crippen LogP contribution is -2.08. The van der Waals surface area contributed by atoms with E-state index in [1.54, 1.807) is 11.3 Å². The third kappa shape index (κ3) is 3.68. The summed E-state index contributed by atoms with van der Waals surface area (Å²) in [6, 6.07) is 14.3. The molecule has 2 rings (SSSR count). The number of ether oxygens (including phenoxy) is 1. The standard InChI is InChI=1S/C13H15NOS/c1-2-5-12(6-3-1)14-8-9-15-11-13-7-4-10-16-13/h1-7,10,14H,8-9,11H2. The molecule has 1 heterocycles. The fourth-order valence-corrected chi connectivity index (χ4v) is 2.03. The summed E-state index contributed by atoms with van der Waals surface area (Å²) in [6.07, 6.45) is 0. The van der Waals surface area contributed by atoms with Crippen LogP contribution in [0.3, 0.4) is 0 Å². The Balaban J connectivity index is 1.59. The molecule has 1 N–H and O–H groups in total. The van der Waals surface area contributed by atoms with Crippen LogP contribution in [0.2, 0.25) is 0 Å². The lowest BCUT2D eigenvalue weighted by Gasteiger charge is -2.06. The van der Waals surface area contributed by atoms with Gasteiger partial charge in [-0.2, -0.15) is 0 Å². The predicted octanol–water partition coefficient (Wildman–Crippen LogP) is 3.38. The molecular formula is C13H15NOS. The quantitative estimate of drug-likeness (QED) is 0.772. The maximum atomic E-state index is 5.55. The topological polar surface area (TPSA) is 21.3 Å². The number of hydrogen-bond donors (Lipinski definition) is 1. The Bertz CT molecular complexity index is 386. The van der Waals surface area contributed by atoms with Crippen molar-refractivity contribution in [2.45, 2.75) is 6.61 Å². The largest absolute Gasteiger partial charge is 0.383 e. The van der Waals surface area contributed by atoms with Gasteiger partial charge in [0, 0.05) is 17.1 Å². The van der Waals surface area contributed by atoms with Crippen molar-refractivity contribution in [3.05, 3.63) is 52.7 Å². The van der Waals surface area contributed by atoms with E-state index in [2.05, 4.69) is 28.9 Å². The number of hydrogen-bond acceptors (Lipinski definition) is 3. The zero-order valence-corrected chi connectivity index (χ0v) is 9.87. The lowest BCUT2D eigenvalue weighted by atomic mass is 10.3. The average Bonchev–Trinajstić information content (AvgIpc) is 2.83. The Morgan fingerprint density at radius 2 is 1.94 bits per heavy atom. The summed E-state index contributed by atoms with van der Waals surface area (Å²) in [5.74, 6) is 0. The van der Waals surface area contributed by atoms with Crippen molar-refractivity contribution in [2.24, 2.45) is 0 Å². The summed E-state index contributed by atoms with van der Waals surface area (Å²) >= 11 is 1.73. The van der Waals surface area contributed by atoms with Crippen LogP contribution in [0, 0.1) is 0 Å². The third-order valence-electron chi connectivity index (χ3n) is 2.17. The number of para-hydroxylation sites is 1. The highest BCUT2D eigenvalue weighted by atomic mass is 32.1. The van der Waals surface area contributed by atoms with Gasteiger partial charge in [-0.25, -0.2) is 0 Å². The monoisotopic (exact) mass is 233 g/mol.